The maximum atomic E-state index is 12.3. The van der Waals surface area contributed by atoms with Crippen LogP contribution in [0.1, 0.15) is 23.5 Å². The van der Waals surface area contributed by atoms with E-state index in [4.69, 9.17) is 11.2 Å². The number of rotatable bonds is 4. The molecule has 3 aromatic rings. The Labute approximate surface area is 165 Å². The lowest BCUT2D eigenvalue weighted by Gasteiger charge is -2.24. The zero-order valence-electron chi connectivity index (χ0n) is 14.4. The third-order valence-electron chi connectivity index (χ3n) is 4.50. The molecule has 1 aliphatic heterocycles. The van der Waals surface area contributed by atoms with Gasteiger partial charge in [0.15, 0.2) is 0 Å². The number of aromatic nitrogens is 2. The van der Waals surface area contributed by atoms with E-state index in [1.807, 2.05) is 54.7 Å². The van der Waals surface area contributed by atoms with Gasteiger partial charge in [-0.05, 0) is 42.0 Å². The van der Waals surface area contributed by atoms with E-state index in [0.29, 0.717) is 18.0 Å². The Hall–Kier alpha value is -3.04. The Kier molecular flexibility index (Phi) is 4.69. The molecular formula is C21H16BrN3O2. The molecule has 1 unspecified atom stereocenters. The molecule has 2 heterocycles. The number of amides is 1. The molecule has 4 rings (SSSR count). The van der Waals surface area contributed by atoms with Gasteiger partial charge in [0.25, 0.3) is 0 Å². The molecule has 0 bridgehead atoms. The van der Waals surface area contributed by atoms with Crippen molar-refractivity contribution in [2.75, 3.05) is 11.9 Å². The van der Waals surface area contributed by atoms with Crippen molar-refractivity contribution >= 4 is 27.7 Å². The highest BCUT2D eigenvalue weighted by atomic mass is 79.9. The summed E-state index contributed by atoms with van der Waals surface area (Å²) in [4.78, 5) is 12.3. The lowest BCUT2D eigenvalue weighted by molar-refractivity contribution is -0.116. The van der Waals surface area contributed by atoms with Gasteiger partial charge in [0, 0.05) is 22.4 Å². The molecule has 2 aromatic carbocycles. The van der Waals surface area contributed by atoms with Gasteiger partial charge in [-0.25, -0.2) is 4.68 Å². The molecule has 27 heavy (non-hydrogen) atoms. The maximum absolute atomic E-state index is 12.3. The average molecular weight is 422 g/mol. The van der Waals surface area contributed by atoms with Gasteiger partial charge in [-0.3, -0.25) is 4.79 Å². The predicted octanol–water partition coefficient (Wildman–Crippen LogP) is 4.12. The number of terminal acetylenes is 1. The molecular weight excluding hydrogens is 406 g/mol. The molecule has 0 aliphatic carbocycles. The van der Waals surface area contributed by atoms with Gasteiger partial charge in [0.05, 0.1) is 11.9 Å². The Bertz CT molecular complexity index is 1020. The van der Waals surface area contributed by atoms with Crippen LogP contribution >= 0.6 is 15.9 Å². The Morgan fingerprint density at radius 3 is 2.67 bits per heavy atom. The van der Waals surface area contributed by atoms with Crippen molar-refractivity contribution in [1.29, 1.82) is 0 Å². The highest BCUT2D eigenvalue weighted by molar-refractivity contribution is 9.10. The Balaban J connectivity index is 1.69. The third kappa shape index (κ3) is 3.46. The van der Waals surface area contributed by atoms with Crippen LogP contribution in [0.25, 0.3) is 5.69 Å². The molecule has 0 radical (unpaired) electrons. The van der Waals surface area contributed by atoms with Crippen LogP contribution in [-0.2, 0) is 4.79 Å². The SMILES string of the molecule is C#CCOc1ccc(C2CC(=O)Nc3c2cnn3-c2ccc(Br)cc2)cc1. The summed E-state index contributed by atoms with van der Waals surface area (Å²) in [5.74, 6) is 3.79. The van der Waals surface area contributed by atoms with Gasteiger partial charge in [-0.15, -0.1) is 6.42 Å². The Morgan fingerprint density at radius 1 is 1.22 bits per heavy atom. The van der Waals surface area contributed by atoms with Crippen molar-refractivity contribution in [3.8, 4) is 23.8 Å². The number of ether oxygens (including phenoxy) is 1. The van der Waals surface area contributed by atoms with Crippen LogP contribution in [0.4, 0.5) is 5.82 Å². The van der Waals surface area contributed by atoms with Crippen LogP contribution in [0.15, 0.2) is 59.2 Å². The summed E-state index contributed by atoms with van der Waals surface area (Å²) in [5, 5.41) is 7.47. The lowest BCUT2D eigenvalue weighted by Crippen LogP contribution is -2.24. The summed E-state index contributed by atoms with van der Waals surface area (Å²) in [6, 6.07) is 15.5. The number of nitrogens with one attached hydrogen (secondary N) is 1. The number of hydrogen-bond acceptors (Lipinski definition) is 3. The van der Waals surface area contributed by atoms with E-state index in [-0.39, 0.29) is 18.4 Å². The highest BCUT2D eigenvalue weighted by Gasteiger charge is 2.30. The van der Waals surface area contributed by atoms with Gasteiger partial charge in [0.2, 0.25) is 5.91 Å². The van der Waals surface area contributed by atoms with Crippen LogP contribution in [0.3, 0.4) is 0 Å². The maximum Gasteiger partial charge on any atom is 0.226 e. The number of hydrogen-bond donors (Lipinski definition) is 1. The fraction of sp³-hybridized carbons (Fsp3) is 0.143. The molecule has 0 spiro atoms. The van der Waals surface area contributed by atoms with Gasteiger partial charge in [-0.1, -0.05) is 34.0 Å². The van der Waals surface area contributed by atoms with Crippen LogP contribution in [-0.4, -0.2) is 22.3 Å². The van der Waals surface area contributed by atoms with Crippen LogP contribution in [0.2, 0.25) is 0 Å². The zero-order valence-corrected chi connectivity index (χ0v) is 15.9. The highest BCUT2D eigenvalue weighted by Crippen LogP contribution is 2.38. The van der Waals surface area contributed by atoms with Gasteiger partial charge in [-0.2, -0.15) is 5.10 Å². The van der Waals surface area contributed by atoms with Crippen molar-refractivity contribution in [2.24, 2.45) is 0 Å². The molecule has 1 amide bonds. The van der Waals surface area contributed by atoms with Crippen molar-refractivity contribution < 1.29 is 9.53 Å². The van der Waals surface area contributed by atoms with E-state index < -0.39 is 0 Å². The molecule has 6 heteroatoms. The van der Waals surface area contributed by atoms with E-state index in [0.717, 1.165) is 21.3 Å². The quantitative estimate of drug-likeness (QED) is 0.644. The first-order valence-corrected chi connectivity index (χ1v) is 9.25. The van der Waals surface area contributed by atoms with Crippen LogP contribution < -0.4 is 10.1 Å². The minimum Gasteiger partial charge on any atom is -0.481 e. The number of carbonyl (C=O) groups is 1. The van der Waals surface area contributed by atoms with Crippen molar-refractivity contribution in [2.45, 2.75) is 12.3 Å². The molecule has 1 atom stereocenters. The van der Waals surface area contributed by atoms with Gasteiger partial charge >= 0.3 is 0 Å². The number of nitrogens with zero attached hydrogens (tertiary/aromatic N) is 2. The lowest BCUT2D eigenvalue weighted by atomic mass is 9.87. The molecule has 1 N–H and O–H groups in total. The molecule has 0 saturated heterocycles. The normalized spacial score (nSPS) is 15.6. The fourth-order valence-corrected chi connectivity index (χ4v) is 3.48. The number of halogens is 1. The third-order valence-corrected chi connectivity index (χ3v) is 5.02. The van der Waals surface area contributed by atoms with Gasteiger partial charge < -0.3 is 10.1 Å². The summed E-state index contributed by atoms with van der Waals surface area (Å²) in [6.07, 6.45) is 7.42. The van der Waals surface area contributed by atoms with E-state index in [9.17, 15) is 4.79 Å². The second-order valence-corrected chi connectivity index (χ2v) is 7.12. The summed E-state index contributed by atoms with van der Waals surface area (Å²) < 4.78 is 8.17. The molecule has 0 fully saturated rings. The molecule has 1 aromatic heterocycles. The second-order valence-electron chi connectivity index (χ2n) is 6.20. The van der Waals surface area contributed by atoms with Crippen molar-refractivity contribution in [3.05, 3.63) is 70.3 Å². The molecule has 0 saturated carbocycles. The van der Waals surface area contributed by atoms with E-state index >= 15 is 0 Å². The number of fused-ring (bicyclic) bond motifs is 1. The summed E-state index contributed by atoms with van der Waals surface area (Å²) in [7, 11) is 0. The van der Waals surface area contributed by atoms with Crippen molar-refractivity contribution in [1.82, 2.24) is 9.78 Å². The molecule has 134 valence electrons. The second kappa shape index (κ2) is 7.29. The van der Waals surface area contributed by atoms with E-state index in [2.05, 4.69) is 32.3 Å². The first-order chi connectivity index (χ1) is 13.2. The predicted molar refractivity (Wildman–Crippen MR) is 107 cm³/mol. The standard InChI is InChI=1S/C21H16BrN3O2/c1-2-11-27-17-9-3-14(4-10-17)18-12-20(26)24-21-19(18)13-23-25(21)16-7-5-15(22)6-8-16/h1,3-10,13,18H,11-12H2,(H,24,26). The smallest absolute Gasteiger partial charge is 0.226 e. The largest absolute Gasteiger partial charge is 0.481 e. The summed E-state index contributed by atoms with van der Waals surface area (Å²) in [5.41, 5.74) is 2.92. The van der Waals surface area contributed by atoms with Crippen LogP contribution in [0, 0.1) is 12.3 Å². The first kappa shape index (κ1) is 17.4. The van der Waals surface area contributed by atoms with Crippen molar-refractivity contribution in [3.63, 3.8) is 0 Å². The average Bonchev–Trinajstić information content (AvgIpc) is 3.10. The summed E-state index contributed by atoms with van der Waals surface area (Å²) >= 11 is 3.43. The number of anilines is 1. The zero-order chi connectivity index (χ0) is 18.8. The number of carbonyl (C=O) groups excluding carboxylic acids is 1. The Morgan fingerprint density at radius 2 is 1.96 bits per heavy atom. The first-order valence-electron chi connectivity index (χ1n) is 8.45. The summed E-state index contributed by atoms with van der Waals surface area (Å²) in [6.45, 7) is 0.231. The van der Waals surface area contributed by atoms with Gasteiger partial charge in [0.1, 0.15) is 18.2 Å². The van der Waals surface area contributed by atoms with Crippen LogP contribution in [0.5, 0.6) is 5.75 Å². The van der Waals surface area contributed by atoms with E-state index in [1.165, 1.54) is 0 Å². The minimum atomic E-state index is -0.0559. The monoisotopic (exact) mass is 421 g/mol. The fourth-order valence-electron chi connectivity index (χ4n) is 3.22. The van der Waals surface area contributed by atoms with E-state index in [1.54, 1.807) is 4.68 Å². The number of benzene rings is 2. The molecule has 1 aliphatic rings. The minimum absolute atomic E-state index is 0.0287. The topological polar surface area (TPSA) is 56.1 Å². The molecule has 5 nitrogen and oxygen atoms in total.